The summed E-state index contributed by atoms with van der Waals surface area (Å²) < 4.78 is 22.9. The molecule has 0 unspecified atom stereocenters. The van der Waals surface area contributed by atoms with Gasteiger partial charge < -0.3 is 18.4 Å². The van der Waals surface area contributed by atoms with Crippen molar-refractivity contribution >= 4 is 43.8 Å². The van der Waals surface area contributed by atoms with Gasteiger partial charge in [-0.15, -0.1) is 0 Å². The van der Waals surface area contributed by atoms with Crippen molar-refractivity contribution in [3.63, 3.8) is 0 Å². The number of ether oxygens (including phenoxy) is 2. The average molecular weight is 478 g/mol. The molecular formula is C24H16BrNO5. The van der Waals surface area contributed by atoms with Crippen molar-refractivity contribution in [1.82, 2.24) is 5.16 Å². The van der Waals surface area contributed by atoms with Gasteiger partial charge in [-0.2, -0.15) is 0 Å². The van der Waals surface area contributed by atoms with E-state index in [0.29, 0.717) is 23.3 Å². The molecule has 0 N–H and O–H groups in total. The van der Waals surface area contributed by atoms with Crippen LogP contribution >= 0.6 is 15.9 Å². The number of fused-ring (bicyclic) bond motifs is 2. The standard InChI is InChI=1S/C24H16BrNO5/c1-28-20-5-3-2-4-14(20)11-19-18-8-7-17(13-22(18)31-26-19)29-24(27)23-12-15-10-16(25)6-9-21(15)30-23/h2-10,12-13H,11H2,1H3. The van der Waals surface area contributed by atoms with Crippen LogP contribution in [0, 0.1) is 0 Å². The van der Waals surface area contributed by atoms with Crippen molar-refractivity contribution in [3.8, 4) is 11.5 Å². The summed E-state index contributed by atoms with van der Waals surface area (Å²) in [6.45, 7) is 0. The van der Waals surface area contributed by atoms with Gasteiger partial charge in [-0.05, 0) is 42.5 Å². The number of carbonyl (C=O) groups is 1. The van der Waals surface area contributed by atoms with Crippen LogP contribution in [0.1, 0.15) is 21.8 Å². The van der Waals surface area contributed by atoms with Gasteiger partial charge in [0.15, 0.2) is 5.58 Å². The zero-order valence-electron chi connectivity index (χ0n) is 16.4. The molecule has 0 saturated heterocycles. The molecule has 0 atom stereocenters. The van der Waals surface area contributed by atoms with Crippen molar-refractivity contribution in [2.75, 3.05) is 7.11 Å². The number of halogens is 1. The first-order valence-electron chi connectivity index (χ1n) is 9.52. The molecule has 5 rings (SSSR count). The molecule has 0 aliphatic heterocycles. The Morgan fingerprint density at radius 3 is 2.77 bits per heavy atom. The topological polar surface area (TPSA) is 74.7 Å². The molecule has 3 aromatic carbocycles. The number of methoxy groups -OCH3 is 1. The normalized spacial score (nSPS) is 11.2. The van der Waals surface area contributed by atoms with E-state index in [9.17, 15) is 4.79 Å². The van der Waals surface area contributed by atoms with E-state index in [1.807, 2.05) is 42.5 Å². The number of aromatic nitrogens is 1. The van der Waals surface area contributed by atoms with Gasteiger partial charge in [-0.3, -0.25) is 0 Å². The Kier molecular flexibility index (Phi) is 4.95. The zero-order valence-corrected chi connectivity index (χ0v) is 18.0. The van der Waals surface area contributed by atoms with Crippen LogP contribution in [0.4, 0.5) is 0 Å². The minimum absolute atomic E-state index is 0.127. The number of carbonyl (C=O) groups excluding carboxylic acids is 1. The Balaban J connectivity index is 1.38. The van der Waals surface area contributed by atoms with Crippen LogP contribution in [0.3, 0.4) is 0 Å². The fraction of sp³-hybridized carbons (Fsp3) is 0.0833. The number of nitrogens with zero attached hydrogens (tertiary/aromatic N) is 1. The predicted octanol–water partition coefficient (Wildman–Crippen LogP) is 6.16. The number of hydrogen-bond donors (Lipinski definition) is 0. The third-order valence-electron chi connectivity index (χ3n) is 4.96. The van der Waals surface area contributed by atoms with E-state index >= 15 is 0 Å². The lowest BCUT2D eigenvalue weighted by Gasteiger charge is -2.06. The number of hydrogen-bond acceptors (Lipinski definition) is 6. The van der Waals surface area contributed by atoms with Crippen LogP contribution in [0.5, 0.6) is 11.5 Å². The monoisotopic (exact) mass is 477 g/mol. The largest absolute Gasteiger partial charge is 0.496 e. The van der Waals surface area contributed by atoms with E-state index in [-0.39, 0.29) is 5.76 Å². The summed E-state index contributed by atoms with van der Waals surface area (Å²) in [6.07, 6.45) is 0.560. The molecule has 0 amide bonds. The van der Waals surface area contributed by atoms with E-state index in [1.165, 1.54) is 0 Å². The molecule has 0 aliphatic rings. The fourth-order valence-electron chi connectivity index (χ4n) is 3.46. The van der Waals surface area contributed by atoms with Crippen LogP contribution in [-0.2, 0) is 6.42 Å². The van der Waals surface area contributed by atoms with Gasteiger partial charge in [0.25, 0.3) is 0 Å². The van der Waals surface area contributed by atoms with Gasteiger partial charge in [0.2, 0.25) is 5.76 Å². The SMILES string of the molecule is COc1ccccc1Cc1noc2cc(OC(=O)c3cc4cc(Br)ccc4o3)ccc12. The predicted molar refractivity (Wildman–Crippen MR) is 119 cm³/mol. The van der Waals surface area contributed by atoms with Crippen molar-refractivity contribution in [2.45, 2.75) is 6.42 Å². The lowest BCUT2D eigenvalue weighted by atomic mass is 10.1. The number of furan rings is 1. The third-order valence-corrected chi connectivity index (χ3v) is 5.45. The van der Waals surface area contributed by atoms with Gasteiger partial charge in [0, 0.05) is 33.3 Å². The van der Waals surface area contributed by atoms with Gasteiger partial charge in [-0.25, -0.2) is 4.79 Å². The minimum atomic E-state index is -0.583. The highest BCUT2D eigenvalue weighted by Crippen LogP contribution is 2.29. The summed E-state index contributed by atoms with van der Waals surface area (Å²) >= 11 is 3.41. The summed E-state index contributed by atoms with van der Waals surface area (Å²) in [5.41, 5.74) is 2.93. The molecule has 0 aliphatic carbocycles. The molecule has 31 heavy (non-hydrogen) atoms. The summed E-state index contributed by atoms with van der Waals surface area (Å²) in [6, 6.07) is 20.1. The molecule has 0 bridgehead atoms. The smallest absolute Gasteiger partial charge is 0.379 e. The Hall–Kier alpha value is -3.58. The van der Waals surface area contributed by atoms with E-state index in [4.69, 9.17) is 18.4 Å². The molecule has 0 saturated carbocycles. The molecule has 2 aromatic heterocycles. The van der Waals surface area contributed by atoms with E-state index in [2.05, 4.69) is 21.1 Å². The molecule has 0 fully saturated rings. The average Bonchev–Trinajstić information content (AvgIpc) is 3.38. The first kappa shape index (κ1) is 19.4. The van der Waals surface area contributed by atoms with Gasteiger partial charge in [0.05, 0.1) is 12.8 Å². The quantitative estimate of drug-likeness (QED) is 0.223. The second kappa shape index (κ2) is 7.92. The van der Waals surface area contributed by atoms with Crippen molar-refractivity contribution in [3.05, 3.63) is 88.2 Å². The maximum atomic E-state index is 12.5. The summed E-state index contributed by atoms with van der Waals surface area (Å²) in [5.74, 6) is 0.684. The Morgan fingerprint density at radius 1 is 1.03 bits per heavy atom. The molecule has 7 heteroatoms. The third kappa shape index (κ3) is 3.80. The maximum absolute atomic E-state index is 12.5. The zero-order chi connectivity index (χ0) is 21.4. The van der Waals surface area contributed by atoms with Crippen LogP contribution < -0.4 is 9.47 Å². The van der Waals surface area contributed by atoms with Crippen molar-refractivity contribution in [1.29, 1.82) is 0 Å². The summed E-state index contributed by atoms with van der Waals surface area (Å²) in [4.78, 5) is 12.5. The molecule has 2 heterocycles. The Bertz CT molecular complexity index is 1420. The maximum Gasteiger partial charge on any atom is 0.379 e. The van der Waals surface area contributed by atoms with E-state index in [0.717, 1.165) is 32.3 Å². The van der Waals surface area contributed by atoms with Crippen LogP contribution in [0.25, 0.3) is 21.9 Å². The molecule has 0 spiro atoms. The van der Waals surface area contributed by atoms with E-state index < -0.39 is 5.97 Å². The number of rotatable bonds is 5. The fourth-order valence-corrected chi connectivity index (χ4v) is 3.84. The number of benzene rings is 3. The van der Waals surface area contributed by atoms with Crippen molar-refractivity contribution < 1.29 is 23.2 Å². The highest BCUT2D eigenvalue weighted by atomic mass is 79.9. The van der Waals surface area contributed by atoms with Crippen LogP contribution in [0.2, 0.25) is 0 Å². The van der Waals surface area contributed by atoms with Gasteiger partial charge in [-0.1, -0.05) is 39.3 Å². The number of esters is 1. The minimum Gasteiger partial charge on any atom is -0.496 e. The highest BCUT2D eigenvalue weighted by Gasteiger charge is 2.17. The molecule has 6 nitrogen and oxygen atoms in total. The first-order valence-corrected chi connectivity index (χ1v) is 10.3. The van der Waals surface area contributed by atoms with E-state index in [1.54, 1.807) is 31.4 Å². The lowest BCUT2D eigenvalue weighted by Crippen LogP contribution is -2.06. The Labute approximate surface area is 185 Å². The molecule has 0 radical (unpaired) electrons. The second-order valence-electron chi connectivity index (χ2n) is 6.96. The molecular weight excluding hydrogens is 462 g/mol. The summed E-state index contributed by atoms with van der Waals surface area (Å²) in [5, 5.41) is 5.85. The highest BCUT2D eigenvalue weighted by molar-refractivity contribution is 9.10. The number of para-hydroxylation sites is 1. The molecule has 5 aromatic rings. The summed E-state index contributed by atoms with van der Waals surface area (Å²) in [7, 11) is 1.64. The second-order valence-corrected chi connectivity index (χ2v) is 7.87. The van der Waals surface area contributed by atoms with Crippen LogP contribution in [-0.4, -0.2) is 18.2 Å². The molecule has 154 valence electrons. The van der Waals surface area contributed by atoms with Gasteiger partial charge in [0.1, 0.15) is 17.1 Å². The van der Waals surface area contributed by atoms with Crippen molar-refractivity contribution in [2.24, 2.45) is 0 Å². The lowest BCUT2D eigenvalue weighted by molar-refractivity contribution is 0.0704. The van der Waals surface area contributed by atoms with Gasteiger partial charge >= 0.3 is 5.97 Å². The van der Waals surface area contributed by atoms with Crippen LogP contribution in [0.15, 0.2) is 80.1 Å². The Morgan fingerprint density at radius 2 is 1.90 bits per heavy atom. The first-order chi connectivity index (χ1) is 15.1.